The van der Waals surface area contributed by atoms with E-state index >= 15 is 0 Å². The minimum absolute atomic E-state index is 0.0492. The maximum absolute atomic E-state index is 13.6. The molecule has 0 aliphatic heterocycles. The summed E-state index contributed by atoms with van der Waals surface area (Å²) in [5, 5.41) is 2.77. The first-order valence-electron chi connectivity index (χ1n) is 10.2. The van der Waals surface area contributed by atoms with E-state index in [1.807, 2.05) is 43.3 Å². The van der Waals surface area contributed by atoms with E-state index in [-0.39, 0.29) is 30.3 Å². The molecular formula is C24H27N3O4S. The summed E-state index contributed by atoms with van der Waals surface area (Å²) in [6, 6.07) is 18.2. The molecule has 32 heavy (non-hydrogen) atoms. The van der Waals surface area contributed by atoms with Gasteiger partial charge in [0.25, 0.3) is 0 Å². The van der Waals surface area contributed by atoms with Crippen LogP contribution in [0, 0.1) is 6.92 Å². The van der Waals surface area contributed by atoms with Gasteiger partial charge in [-0.2, -0.15) is 4.31 Å². The van der Waals surface area contributed by atoms with Crippen LogP contribution in [0.25, 0.3) is 0 Å². The van der Waals surface area contributed by atoms with Crippen LogP contribution < -0.4 is 10.1 Å². The highest BCUT2D eigenvalue weighted by atomic mass is 32.2. The fraction of sp³-hybridized carbons (Fsp3) is 0.250. The molecule has 0 aliphatic rings. The molecule has 0 saturated carbocycles. The standard InChI is InChI=1S/C24H27N3O4S/c1-19-10-11-22(31-2)23(15-19)32(29,30)27(14-12-20-7-4-3-5-8-20)18-24(28)26-17-21-9-6-13-25-16-21/h3-11,13,15-16H,12,14,17-18H2,1-2H3,(H,26,28). The Morgan fingerprint density at radius 3 is 2.50 bits per heavy atom. The zero-order valence-electron chi connectivity index (χ0n) is 18.2. The van der Waals surface area contributed by atoms with Crippen LogP contribution in [-0.4, -0.2) is 43.8 Å². The van der Waals surface area contributed by atoms with Crippen LogP contribution in [0.1, 0.15) is 16.7 Å². The highest BCUT2D eigenvalue weighted by molar-refractivity contribution is 7.89. The molecule has 7 nitrogen and oxygen atoms in total. The fourth-order valence-electron chi connectivity index (χ4n) is 3.23. The van der Waals surface area contributed by atoms with Crippen LogP contribution in [0.3, 0.4) is 0 Å². The number of amides is 1. The molecule has 1 amide bonds. The van der Waals surface area contributed by atoms with E-state index in [0.29, 0.717) is 6.42 Å². The van der Waals surface area contributed by atoms with Crippen molar-refractivity contribution in [2.45, 2.75) is 24.8 Å². The van der Waals surface area contributed by atoms with Gasteiger partial charge in [0.15, 0.2) is 0 Å². The third kappa shape index (κ3) is 6.15. The number of pyridine rings is 1. The number of rotatable bonds is 10. The second-order valence-corrected chi connectivity index (χ2v) is 9.27. The molecule has 0 atom stereocenters. The van der Waals surface area contributed by atoms with Gasteiger partial charge in [-0.15, -0.1) is 0 Å². The van der Waals surface area contributed by atoms with Crippen molar-refractivity contribution in [3.05, 3.63) is 89.7 Å². The molecule has 0 spiro atoms. The number of carbonyl (C=O) groups is 1. The van der Waals surface area contributed by atoms with Crippen molar-refractivity contribution < 1.29 is 17.9 Å². The number of aromatic nitrogens is 1. The fourth-order valence-corrected chi connectivity index (χ4v) is 4.86. The molecule has 2 aromatic carbocycles. The smallest absolute Gasteiger partial charge is 0.247 e. The minimum Gasteiger partial charge on any atom is -0.495 e. The van der Waals surface area contributed by atoms with E-state index in [0.717, 1.165) is 16.7 Å². The number of nitrogens with zero attached hydrogens (tertiary/aromatic N) is 2. The van der Waals surface area contributed by atoms with Gasteiger partial charge in [-0.1, -0.05) is 42.5 Å². The summed E-state index contributed by atoms with van der Waals surface area (Å²) in [6.45, 7) is 1.94. The molecular weight excluding hydrogens is 426 g/mol. The van der Waals surface area contributed by atoms with Crippen LogP contribution >= 0.6 is 0 Å². The third-order valence-electron chi connectivity index (χ3n) is 4.96. The summed E-state index contributed by atoms with van der Waals surface area (Å²) in [6.07, 6.45) is 3.78. The summed E-state index contributed by atoms with van der Waals surface area (Å²) in [7, 11) is -2.55. The molecule has 1 N–H and O–H groups in total. The lowest BCUT2D eigenvalue weighted by molar-refractivity contribution is -0.121. The van der Waals surface area contributed by atoms with Crippen molar-refractivity contribution in [1.29, 1.82) is 0 Å². The summed E-state index contributed by atoms with van der Waals surface area (Å²) in [5.41, 5.74) is 2.60. The Labute approximate surface area is 189 Å². The second kappa shape index (κ2) is 10.9. The molecule has 0 bridgehead atoms. The van der Waals surface area contributed by atoms with Gasteiger partial charge in [-0.05, 0) is 48.2 Å². The number of benzene rings is 2. The Morgan fingerprint density at radius 2 is 1.81 bits per heavy atom. The van der Waals surface area contributed by atoms with Gasteiger partial charge in [-0.3, -0.25) is 9.78 Å². The van der Waals surface area contributed by atoms with Gasteiger partial charge in [-0.25, -0.2) is 8.42 Å². The summed E-state index contributed by atoms with van der Waals surface area (Å²) < 4.78 is 33.6. The first kappa shape index (κ1) is 23.4. The Morgan fingerprint density at radius 1 is 1.06 bits per heavy atom. The molecule has 1 aromatic heterocycles. The lowest BCUT2D eigenvalue weighted by Crippen LogP contribution is -2.41. The van der Waals surface area contributed by atoms with Crippen LogP contribution in [0.5, 0.6) is 5.75 Å². The lowest BCUT2D eigenvalue weighted by atomic mass is 10.1. The Balaban J connectivity index is 1.82. The summed E-state index contributed by atoms with van der Waals surface area (Å²) in [4.78, 5) is 16.7. The predicted octanol–water partition coefficient (Wildman–Crippen LogP) is 2.95. The van der Waals surface area contributed by atoms with E-state index in [1.54, 1.807) is 36.7 Å². The number of sulfonamides is 1. The van der Waals surface area contributed by atoms with Gasteiger partial charge in [0.05, 0.1) is 13.7 Å². The van der Waals surface area contributed by atoms with Crippen molar-refractivity contribution in [1.82, 2.24) is 14.6 Å². The molecule has 0 aliphatic carbocycles. The lowest BCUT2D eigenvalue weighted by Gasteiger charge is -2.23. The highest BCUT2D eigenvalue weighted by Gasteiger charge is 2.29. The first-order chi connectivity index (χ1) is 15.4. The quantitative estimate of drug-likeness (QED) is 0.510. The predicted molar refractivity (Wildman–Crippen MR) is 123 cm³/mol. The number of hydrogen-bond acceptors (Lipinski definition) is 5. The number of methoxy groups -OCH3 is 1. The van der Waals surface area contributed by atoms with E-state index in [1.165, 1.54) is 11.4 Å². The summed E-state index contributed by atoms with van der Waals surface area (Å²) >= 11 is 0. The van der Waals surface area contributed by atoms with Gasteiger partial charge in [0, 0.05) is 25.5 Å². The molecule has 3 aromatic rings. The molecule has 0 radical (unpaired) electrons. The van der Waals surface area contributed by atoms with E-state index < -0.39 is 15.9 Å². The van der Waals surface area contributed by atoms with Crippen molar-refractivity contribution in [3.63, 3.8) is 0 Å². The van der Waals surface area contributed by atoms with Gasteiger partial charge < -0.3 is 10.1 Å². The third-order valence-corrected chi connectivity index (χ3v) is 6.83. The van der Waals surface area contributed by atoms with Gasteiger partial charge in [0.1, 0.15) is 10.6 Å². The van der Waals surface area contributed by atoms with E-state index in [4.69, 9.17) is 4.74 Å². The monoisotopic (exact) mass is 453 g/mol. The average Bonchev–Trinajstić information content (AvgIpc) is 2.81. The topological polar surface area (TPSA) is 88.6 Å². The van der Waals surface area contributed by atoms with Gasteiger partial charge >= 0.3 is 0 Å². The van der Waals surface area contributed by atoms with Crippen LogP contribution in [0.4, 0.5) is 0 Å². The Hall–Kier alpha value is -3.23. The Kier molecular flexibility index (Phi) is 7.97. The molecule has 8 heteroatoms. The highest BCUT2D eigenvalue weighted by Crippen LogP contribution is 2.28. The second-order valence-electron chi connectivity index (χ2n) is 7.37. The number of nitrogens with one attached hydrogen (secondary N) is 1. The van der Waals surface area contributed by atoms with Gasteiger partial charge in [0.2, 0.25) is 15.9 Å². The van der Waals surface area contributed by atoms with Crippen molar-refractivity contribution in [2.75, 3.05) is 20.2 Å². The van der Waals surface area contributed by atoms with Crippen molar-refractivity contribution in [3.8, 4) is 5.75 Å². The molecule has 0 fully saturated rings. The summed E-state index contributed by atoms with van der Waals surface area (Å²) in [5.74, 6) is -0.145. The maximum Gasteiger partial charge on any atom is 0.247 e. The van der Waals surface area contributed by atoms with Crippen LogP contribution in [0.15, 0.2) is 78.0 Å². The largest absolute Gasteiger partial charge is 0.495 e. The Bertz CT molecular complexity index is 1140. The number of hydrogen-bond donors (Lipinski definition) is 1. The number of carbonyl (C=O) groups excluding carboxylic acids is 1. The van der Waals surface area contributed by atoms with Crippen molar-refractivity contribution >= 4 is 15.9 Å². The maximum atomic E-state index is 13.6. The van der Waals surface area contributed by atoms with Crippen molar-refractivity contribution in [2.24, 2.45) is 0 Å². The normalized spacial score (nSPS) is 11.3. The average molecular weight is 454 g/mol. The minimum atomic E-state index is -3.98. The molecule has 1 heterocycles. The molecule has 168 valence electrons. The van der Waals surface area contributed by atoms with Crippen LogP contribution in [0.2, 0.25) is 0 Å². The SMILES string of the molecule is COc1ccc(C)cc1S(=O)(=O)N(CCc1ccccc1)CC(=O)NCc1cccnc1. The zero-order valence-corrected chi connectivity index (χ0v) is 19.0. The number of aryl methyl sites for hydroxylation is 1. The molecule has 3 rings (SSSR count). The molecule has 0 unspecified atom stereocenters. The van der Waals surface area contributed by atoms with Crippen LogP contribution in [-0.2, 0) is 27.8 Å². The van der Waals surface area contributed by atoms with E-state index in [9.17, 15) is 13.2 Å². The number of ether oxygens (including phenoxy) is 1. The van der Waals surface area contributed by atoms with E-state index in [2.05, 4.69) is 10.3 Å². The zero-order chi connectivity index (χ0) is 23.0. The first-order valence-corrected chi connectivity index (χ1v) is 11.7. The molecule has 0 saturated heterocycles.